The van der Waals surface area contributed by atoms with Gasteiger partial charge in [-0.05, 0) is 37.3 Å². The highest BCUT2D eigenvalue weighted by Gasteiger charge is 2.23. The van der Waals surface area contributed by atoms with E-state index in [0.717, 1.165) is 0 Å². The number of carbonyl (C=O) groups excluding carboxylic acids is 4. The van der Waals surface area contributed by atoms with E-state index < -0.39 is 18.0 Å². The van der Waals surface area contributed by atoms with Crippen molar-refractivity contribution in [3.8, 4) is 0 Å². The van der Waals surface area contributed by atoms with Crippen LogP contribution in [0.4, 0.5) is 17.1 Å². The molecule has 0 bridgehead atoms. The molecule has 0 aromatic heterocycles. The second-order valence-electron chi connectivity index (χ2n) is 6.44. The van der Waals surface area contributed by atoms with Gasteiger partial charge in [0.05, 0.1) is 5.56 Å². The van der Waals surface area contributed by atoms with Crippen LogP contribution in [-0.2, 0) is 19.1 Å². The lowest BCUT2D eigenvalue weighted by Crippen LogP contribution is -2.37. The second kappa shape index (κ2) is 9.50. The number of hydrogen-bond acceptors (Lipinski definition) is 5. The molecule has 2 aromatic carbocycles. The molecule has 8 nitrogen and oxygen atoms in total. The van der Waals surface area contributed by atoms with Gasteiger partial charge in [-0.2, -0.15) is 0 Å². The Morgan fingerprint density at radius 1 is 0.897 bits per heavy atom. The number of hydrogen-bond donors (Lipinski definition) is 2. The monoisotopic (exact) mass is 397 g/mol. The van der Waals surface area contributed by atoms with Crippen molar-refractivity contribution in [1.82, 2.24) is 0 Å². The van der Waals surface area contributed by atoms with Crippen molar-refractivity contribution in [2.45, 2.75) is 26.9 Å². The van der Waals surface area contributed by atoms with E-state index >= 15 is 0 Å². The van der Waals surface area contributed by atoms with Gasteiger partial charge in [0, 0.05) is 38.0 Å². The highest BCUT2D eigenvalue weighted by Crippen LogP contribution is 2.21. The summed E-state index contributed by atoms with van der Waals surface area (Å²) in [5, 5.41) is 5.11. The van der Waals surface area contributed by atoms with Gasteiger partial charge in [-0.3, -0.25) is 14.4 Å². The minimum absolute atomic E-state index is 0.0852. The van der Waals surface area contributed by atoms with Crippen LogP contribution in [0.1, 0.15) is 31.1 Å². The molecule has 29 heavy (non-hydrogen) atoms. The molecule has 0 saturated heterocycles. The molecular formula is C21H23N3O5. The lowest BCUT2D eigenvalue weighted by atomic mass is 10.1. The molecule has 0 spiro atoms. The Balaban J connectivity index is 2.18. The summed E-state index contributed by atoms with van der Waals surface area (Å²) in [6, 6.07) is 13.3. The number of carbonyl (C=O) groups is 4. The van der Waals surface area contributed by atoms with Gasteiger partial charge in [0.25, 0.3) is 5.91 Å². The van der Waals surface area contributed by atoms with Crippen LogP contribution in [-0.4, -0.2) is 36.8 Å². The third-order valence-corrected chi connectivity index (χ3v) is 3.92. The number of benzene rings is 2. The number of anilines is 3. The Kier molecular flexibility index (Phi) is 7.08. The Morgan fingerprint density at radius 3 is 1.90 bits per heavy atom. The van der Waals surface area contributed by atoms with Gasteiger partial charge in [0.2, 0.25) is 11.8 Å². The number of nitrogens with one attached hydrogen (secondary N) is 2. The topological polar surface area (TPSA) is 105 Å². The fraction of sp³-hybridized carbons (Fsp3) is 0.238. The molecule has 3 amide bonds. The van der Waals surface area contributed by atoms with Crippen LogP contribution in [0, 0.1) is 0 Å². The zero-order valence-corrected chi connectivity index (χ0v) is 16.7. The predicted molar refractivity (Wildman–Crippen MR) is 110 cm³/mol. The zero-order valence-electron chi connectivity index (χ0n) is 16.7. The van der Waals surface area contributed by atoms with Crippen LogP contribution in [0.2, 0.25) is 0 Å². The van der Waals surface area contributed by atoms with Gasteiger partial charge >= 0.3 is 5.97 Å². The maximum absolute atomic E-state index is 12.6. The van der Waals surface area contributed by atoms with Crippen molar-refractivity contribution in [3.05, 3.63) is 54.1 Å². The fourth-order valence-electron chi connectivity index (χ4n) is 2.63. The molecule has 0 fully saturated rings. The largest absolute Gasteiger partial charge is 0.449 e. The minimum atomic E-state index is -1.04. The van der Waals surface area contributed by atoms with E-state index in [1.165, 1.54) is 43.9 Å². The van der Waals surface area contributed by atoms with E-state index in [1.807, 2.05) is 6.07 Å². The number of esters is 1. The van der Waals surface area contributed by atoms with Crippen molar-refractivity contribution in [3.63, 3.8) is 0 Å². The van der Waals surface area contributed by atoms with E-state index in [1.54, 1.807) is 31.3 Å². The number of likely N-dealkylation sites (N-methyl/N-ethyl adjacent to an activating group) is 1. The van der Waals surface area contributed by atoms with Crippen LogP contribution < -0.4 is 15.5 Å². The van der Waals surface area contributed by atoms with Crippen LogP contribution in [0.3, 0.4) is 0 Å². The first-order chi connectivity index (χ1) is 13.7. The lowest BCUT2D eigenvalue weighted by molar-refractivity contribution is -0.126. The van der Waals surface area contributed by atoms with E-state index in [0.29, 0.717) is 17.1 Å². The summed E-state index contributed by atoms with van der Waals surface area (Å²) in [5.41, 5.74) is 1.38. The van der Waals surface area contributed by atoms with Gasteiger partial charge in [-0.15, -0.1) is 0 Å². The summed E-state index contributed by atoms with van der Waals surface area (Å²) < 4.78 is 5.31. The van der Waals surface area contributed by atoms with Crippen LogP contribution in [0.5, 0.6) is 0 Å². The Bertz CT molecular complexity index is 893. The van der Waals surface area contributed by atoms with Crippen molar-refractivity contribution >= 4 is 40.8 Å². The van der Waals surface area contributed by atoms with E-state index in [4.69, 9.17) is 4.74 Å². The summed E-state index contributed by atoms with van der Waals surface area (Å²) in [4.78, 5) is 49.2. The molecule has 1 unspecified atom stereocenters. The molecule has 0 heterocycles. The molecule has 0 aliphatic rings. The molecule has 2 rings (SSSR count). The number of ether oxygens (including phenoxy) is 1. The third-order valence-electron chi connectivity index (χ3n) is 3.92. The standard InChI is InChI=1S/C21H23N3O5/c1-13(20(27)24(4)19-8-6-5-7-9-19)29-21(28)16-10-17(22-14(2)25)12-18(11-16)23-15(3)26/h5-13H,1-4H3,(H,22,25)(H,23,26). The number of nitrogens with zero attached hydrogens (tertiary/aromatic N) is 1. The molecule has 2 aromatic rings. The molecular weight excluding hydrogens is 374 g/mol. The minimum Gasteiger partial charge on any atom is -0.449 e. The van der Waals surface area contributed by atoms with Crippen LogP contribution in [0.25, 0.3) is 0 Å². The maximum Gasteiger partial charge on any atom is 0.339 e. The van der Waals surface area contributed by atoms with Crippen LogP contribution >= 0.6 is 0 Å². The summed E-state index contributed by atoms with van der Waals surface area (Å²) in [6.07, 6.45) is -1.04. The fourth-order valence-corrected chi connectivity index (χ4v) is 2.63. The molecule has 152 valence electrons. The van der Waals surface area contributed by atoms with E-state index in [2.05, 4.69) is 10.6 Å². The molecule has 8 heteroatoms. The summed E-state index contributed by atoms with van der Waals surface area (Å²) in [5.74, 6) is -1.83. The van der Waals surface area contributed by atoms with Gasteiger partial charge < -0.3 is 20.3 Å². The third kappa shape index (κ3) is 6.17. The Morgan fingerprint density at radius 2 is 1.41 bits per heavy atom. The highest BCUT2D eigenvalue weighted by molar-refractivity contribution is 6.00. The van der Waals surface area contributed by atoms with Gasteiger partial charge in [-0.1, -0.05) is 18.2 Å². The van der Waals surface area contributed by atoms with Gasteiger partial charge in [0.15, 0.2) is 6.10 Å². The number of para-hydroxylation sites is 1. The van der Waals surface area contributed by atoms with Crippen molar-refractivity contribution in [1.29, 1.82) is 0 Å². The molecule has 1 atom stereocenters. The first kappa shape index (κ1) is 21.6. The van der Waals surface area contributed by atoms with Crippen LogP contribution in [0.15, 0.2) is 48.5 Å². The Labute approximate surface area is 168 Å². The smallest absolute Gasteiger partial charge is 0.339 e. The first-order valence-corrected chi connectivity index (χ1v) is 8.91. The maximum atomic E-state index is 12.6. The molecule has 0 saturated carbocycles. The quantitative estimate of drug-likeness (QED) is 0.730. The average molecular weight is 397 g/mol. The first-order valence-electron chi connectivity index (χ1n) is 8.91. The highest BCUT2D eigenvalue weighted by atomic mass is 16.5. The summed E-state index contributed by atoms with van der Waals surface area (Å²) in [7, 11) is 1.59. The van der Waals surface area contributed by atoms with Gasteiger partial charge in [0.1, 0.15) is 0 Å². The molecule has 0 aliphatic heterocycles. The van der Waals surface area contributed by atoms with E-state index in [-0.39, 0.29) is 17.4 Å². The normalized spacial score (nSPS) is 11.2. The zero-order chi connectivity index (χ0) is 21.6. The lowest BCUT2D eigenvalue weighted by Gasteiger charge is -2.21. The van der Waals surface area contributed by atoms with Crippen molar-refractivity contribution in [2.75, 3.05) is 22.6 Å². The van der Waals surface area contributed by atoms with E-state index in [9.17, 15) is 19.2 Å². The number of rotatable bonds is 6. The van der Waals surface area contributed by atoms with Gasteiger partial charge in [-0.25, -0.2) is 4.79 Å². The second-order valence-corrected chi connectivity index (χ2v) is 6.44. The SMILES string of the molecule is CC(=O)Nc1cc(NC(C)=O)cc(C(=O)OC(C)C(=O)N(C)c2ccccc2)c1. The summed E-state index contributed by atoms with van der Waals surface area (Å²) >= 11 is 0. The Hall–Kier alpha value is -3.68. The van der Waals surface area contributed by atoms with Crippen molar-refractivity contribution in [2.24, 2.45) is 0 Å². The predicted octanol–water partition coefficient (Wildman–Crippen LogP) is 2.81. The summed E-state index contributed by atoms with van der Waals surface area (Å²) in [6.45, 7) is 4.12. The average Bonchev–Trinajstić information content (AvgIpc) is 2.66. The molecule has 2 N–H and O–H groups in total. The number of amides is 3. The molecule has 0 radical (unpaired) electrons. The van der Waals surface area contributed by atoms with Crippen molar-refractivity contribution < 1.29 is 23.9 Å². The molecule has 0 aliphatic carbocycles.